The van der Waals surface area contributed by atoms with E-state index in [1.54, 1.807) is 0 Å². The van der Waals surface area contributed by atoms with Gasteiger partial charge in [0.1, 0.15) is 0 Å². The van der Waals surface area contributed by atoms with Crippen molar-refractivity contribution in [1.29, 1.82) is 0 Å². The normalized spacial score (nSPS) is 36.6. The Balaban J connectivity index is 1.96. The Labute approximate surface area is 85.9 Å². The maximum absolute atomic E-state index is 6.50. The van der Waals surface area contributed by atoms with Gasteiger partial charge in [0.25, 0.3) is 0 Å². The summed E-state index contributed by atoms with van der Waals surface area (Å²) in [6.45, 7) is 3.52. The van der Waals surface area contributed by atoms with E-state index < -0.39 is 0 Å². The molecule has 14 heavy (non-hydrogen) atoms. The number of rotatable bonds is 1. The molecular formula is C11H21NO2. The SMILES string of the molecule is NC1(C2CCOCC2)CCCOCC1. The standard InChI is InChI=1S/C11H21NO2/c12-11(4-1-6-13-9-5-11)10-2-7-14-8-3-10/h10H,1-9,12H2. The topological polar surface area (TPSA) is 44.5 Å². The number of hydrogen-bond donors (Lipinski definition) is 1. The van der Waals surface area contributed by atoms with Crippen LogP contribution in [-0.2, 0) is 9.47 Å². The second-order valence-electron chi connectivity index (χ2n) is 4.59. The zero-order valence-corrected chi connectivity index (χ0v) is 8.84. The fourth-order valence-corrected chi connectivity index (χ4v) is 2.67. The lowest BCUT2D eigenvalue weighted by atomic mass is 9.75. The molecule has 1 atom stereocenters. The lowest BCUT2D eigenvalue weighted by Gasteiger charge is -2.38. The Morgan fingerprint density at radius 1 is 0.929 bits per heavy atom. The van der Waals surface area contributed by atoms with Gasteiger partial charge in [-0.05, 0) is 38.0 Å². The molecule has 3 heteroatoms. The molecule has 2 heterocycles. The molecule has 0 aromatic rings. The van der Waals surface area contributed by atoms with Crippen molar-refractivity contribution in [2.75, 3.05) is 26.4 Å². The molecule has 2 N–H and O–H groups in total. The Hall–Kier alpha value is -0.120. The van der Waals surface area contributed by atoms with Crippen LogP contribution in [0.1, 0.15) is 32.1 Å². The zero-order chi connectivity index (χ0) is 9.86. The average molecular weight is 199 g/mol. The van der Waals surface area contributed by atoms with E-state index >= 15 is 0 Å². The molecule has 2 rings (SSSR count). The quantitative estimate of drug-likeness (QED) is 0.692. The molecule has 2 aliphatic heterocycles. The van der Waals surface area contributed by atoms with Crippen LogP contribution in [0.4, 0.5) is 0 Å². The van der Waals surface area contributed by atoms with Gasteiger partial charge in [0.2, 0.25) is 0 Å². The summed E-state index contributed by atoms with van der Waals surface area (Å²) in [6.07, 6.45) is 5.54. The first kappa shape index (κ1) is 10.4. The Morgan fingerprint density at radius 3 is 2.43 bits per heavy atom. The van der Waals surface area contributed by atoms with Crippen LogP contribution in [0.15, 0.2) is 0 Å². The molecule has 0 saturated carbocycles. The highest BCUT2D eigenvalue weighted by Gasteiger charge is 2.36. The van der Waals surface area contributed by atoms with E-state index in [2.05, 4.69) is 0 Å². The monoisotopic (exact) mass is 199 g/mol. The number of nitrogens with two attached hydrogens (primary N) is 1. The van der Waals surface area contributed by atoms with Crippen molar-refractivity contribution >= 4 is 0 Å². The first-order chi connectivity index (χ1) is 6.81. The molecule has 2 saturated heterocycles. The Bertz CT molecular complexity index is 170. The van der Waals surface area contributed by atoms with Crippen molar-refractivity contribution in [3.63, 3.8) is 0 Å². The van der Waals surface area contributed by atoms with Crippen LogP contribution in [0.5, 0.6) is 0 Å². The molecule has 82 valence electrons. The van der Waals surface area contributed by atoms with Gasteiger partial charge in [-0.2, -0.15) is 0 Å². The van der Waals surface area contributed by atoms with Gasteiger partial charge in [0.05, 0.1) is 0 Å². The highest BCUT2D eigenvalue weighted by molar-refractivity contribution is 4.93. The van der Waals surface area contributed by atoms with Crippen molar-refractivity contribution in [3.8, 4) is 0 Å². The van der Waals surface area contributed by atoms with E-state index in [0.29, 0.717) is 5.92 Å². The van der Waals surface area contributed by atoms with Gasteiger partial charge >= 0.3 is 0 Å². The number of ether oxygens (including phenoxy) is 2. The lowest BCUT2D eigenvalue weighted by Crippen LogP contribution is -2.49. The minimum absolute atomic E-state index is 0.0281. The lowest BCUT2D eigenvalue weighted by molar-refractivity contribution is 0.0322. The van der Waals surface area contributed by atoms with Crippen LogP contribution in [0.25, 0.3) is 0 Å². The van der Waals surface area contributed by atoms with Crippen LogP contribution in [0.2, 0.25) is 0 Å². The minimum Gasteiger partial charge on any atom is -0.381 e. The first-order valence-electron chi connectivity index (χ1n) is 5.76. The fourth-order valence-electron chi connectivity index (χ4n) is 2.67. The van der Waals surface area contributed by atoms with Gasteiger partial charge < -0.3 is 15.2 Å². The molecule has 1 unspecified atom stereocenters. The predicted molar refractivity (Wildman–Crippen MR) is 55.1 cm³/mol. The van der Waals surface area contributed by atoms with Gasteiger partial charge in [-0.25, -0.2) is 0 Å². The van der Waals surface area contributed by atoms with Crippen LogP contribution in [-0.4, -0.2) is 32.0 Å². The Kier molecular flexibility index (Phi) is 3.42. The third-order valence-electron chi connectivity index (χ3n) is 3.68. The summed E-state index contributed by atoms with van der Waals surface area (Å²) in [5.41, 5.74) is 6.53. The van der Waals surface area contributed by atoms with E-state index in [-0.39, 0.29) is 5.54 Å². The van der Waals surface area contributed by atoms with Crippen LogP contribution in [0, 0.1) is 5.92 Å². The van der Waals surface area contributed by atoms with E-state index in [1.165, 1.54) is 0 Å². The molecular weight excluding hydrogens is 178 g/mol. The van der Waals surface area contributed by atoms with Gasteiger partial charge in [-0.15, -0.1) is 0 Å². The van der Waals surface area contributed by atoms with Crippen molar-refractivity contribution in [1.82, 2.24) is 0 Å². The van der Waals surface area contributed by atoms with E-state index in [1.807, 2.05) is 0 Å². The average Bonchev–Trinajstić information content (AvgIpc) is 2.46. The van der Waals surface area contributed by atoms with Crippen LogP contribution in [0.3, 0.4) is 0 Å². The van der Waals surface area contributed by atoms with Crippen LogP contribution >= 0.6 is 0 Å². The molecule has 3 nitrogen and oxygen atoms in total. The molecule has 0 aliphatic carbocycles. The van der Waals surface area contributed by atoms with Crippen molar-refractivity contribution in [2.24, 2.45) is 11.7 Å². The van der Waals surface area contributed by atoms with E-state index in [0.717, 1.165) is 58.5 Å². The second kappa shape index (κ2) is 4.60. The van der Waals surface area contributed by atoms with Gasteiger partial charge in [0, 0.05) is 32.0 Å². The molecule has 2 fully saturated rings. The van der Waals surface area contributed by atoms with Crippen LogP contribution < -0.4 is 5.73 Å². The van der Waals surface area contributed by atoms with E-state index in [4.69, 9.17) is 15.2 Å². The summed E-state index contributed by atoms with van der Waals surface area (Å²) in [6, 6.07) is 0. The van der Waals surface area contributed by atoms with Crippen molar-refractivity contribution < 1.29 is 9.47 Å². The summed E-state index contributed by atoms with van der Waals surface area (Å²) in [7, 11) is 0. The maximum Gasteiger partial charge on any atom is 0.0483 e. The fraction of sp³-hybridized carbons (Fsp3) is 1.00. The Morgan fingerprint density at radius 2 is 1.64 bits per heavy atom. The van der Waals surface area contributed by atoms with Gasteiger partial charge in [0.15, 0.2) is 0 Å². The van der Waals surface area contributed by atoms with E-state index in [9.17, 15) is 0 Å². The smallest absolute Gasteiger partial charge is 0.0483 e. The third kappa shape index (κ3) is 2.27. The molecule has 2 aliphatic rings. The van der Waals surface area contributed by atoms with Crippen molar-refractivity contribution in [3.05, 3.63) is 0 Å². The summed E-state index contributed by atoms with van der Waals surface area (Å²) < 4.78 is 10.8. The van der Waals surface area contributed by atoms with Gasteiger partial charge in [-0.3, -0.25) is 0 Å². The molecule has 0 amide bonds. The predicted octanol–water partition coefficient (Wildman–Crippen LogP) is 1.31. The maximum atomic E-state index is 6.50. The summed E-state index contributed by atoms with van der Waals surface area (Å²) >= 11 is 0. The van der Waals surface area contributed by atoms with Crippen molar-refractivity contribution in [2.45, 2.75) is 37.6 Å². The third-order valence-corrected chi connectivity index (χ3v) is 3.68. The molecule has 0 bridgehead atoms. The summed E-state index contributed by atoms with van der Waals surface area (Å²) in [5.74, 6) is 0.651. The highest BCUT2D eigenvalue weighted by Crippen LogP contribution is 2.33. The molecule has 0 radical (unpaired) electrons. The first-order valence-corrected chi connectivity index (χ1v) is 5.76. The second-order valence-corrected chi connectivity index (χ2v) is 4.59. The molecule has 0 spiro atoms. The molecule has 0 aromatic heterocycles. The minimum atomic E-state index is 0.0281. The van der Waals surface area contributed by atoms with Gasteiger partial charge in [-0.1, -0.05) is 0 Å². The highest BCUT2D eigenvalue weighted by atomic mass is 16.5. The summed E-state index contributed by atoms with van der Waals surface area (Å²) in [5, 5.41) is 0. The summed E-state index contributed by atoms with van der Waals surface area (Å²) in [4.78, 5) is 0. The zero-order valence-electron chi connectivity index (χ0n) is 8.84. The number of hydrogen-bond acceptors (Lipinski definition) is 3. The largest absolute Gasteiger partial charge is 0.381 e. The molecule has 0 aromatic carbocycles.